The Morgan fingerprint density at radius 1 is 1.40 bits per heavy atom. The number of benzene rings is 1. The van der Waals surface area contributed by atoms with Crippen LogP contribution in [0.2, 0.25) is 0 Å². The van der Waals surface area contributed by atoms with Crippen molar-refractivity contribution >= 4 is 17.7 Å². The minimum Gasteiger partial charge on any atom is -0.508 e. The first-order valence-corrected chi connectivity index (χ1v) is 8.18. The number of carbonyl (C=O) groups is 1. The van der Waals surface area contributed by atoms with Crippen molar-refractivity contribution in [3.05, 3.63) is 29.8 Å². The molecule has 0 saturated heterocycles. The van der Waals surface area contributed by atoms with Crippen LogP contribution in [0, 0.1) is 0 Å². The van der Waals surface area contributed by atoms with E-state index in [2.05, 4.69) is 6.92 Å². The lowest BCUT2D eigenvalue weighted by Crippen LogP contribution is -2.48. The predicted octanol–water partition coefficient (Wildman–Crippen LogP) is 1.86. The minimum absolute atomic E-state index is 0.0287. The van der Waals surface area contributed by atoms with Crippen molar-refractivity contribution in [1.82, 2.24) is 4.90 Å². The highest BCUT2D eigenvalue weighted by Crippen LogP contribution is 2.13. The van der Waals surface area contributed by atoms with Gasteiger partial charge in [-0.3, -0.25) is 4.79 Å². The number of hydrogen-bond acceptors (Lipinski definition) is 4. The van der Waals surface area contributed by atoms with E-state index >= 15 is 0 Å². The normalized spacial score (nSPS) is 13.8. The second-order valence-electron chi connectivity index (χ2n) is 4.94. The molecule has 1 amide bonds. The third-order valence-electron chi connectivity index (χ3n) is 3.43. The first-order valence-electron chi connectivity index (χ1n) is 6.78. The molecule has 4 nitrogen and oxygen atoms in total. The molecule has 0 aliphatic heterocycles. The standard InChI is InChI=1S/C15H24N2O2S/c1-4-12(10-20-3)17(2)15(19)14(16)9-11-5-7-13(18)8-6-11/h5-8,12,14,18H,4,9-10,16H2,1-3H3/t12?,14-/m0/s1. The van der Waals surface area contributed by atoms with E-state index in [1.807, 2.05) is 13.3 Å². The van der Waals surface area contributed by atoms with Crippen LogP contribution in [0.3, 0.4) is 0 Å². The van der Waals surface area contributed by atoms with Crippen LogP contribution in [0.1, 0.15) is 18.9 Å². The van der Waals surface area contributed by atoms with Gasteiger partial charge < -0.3 is 15.7 Å². The summed E-state index contributed by atoms with van der Waals surface area (Å²) in [5.74, 6) is 1.11. The Hall–Kier alpha value is -1.20. The van der Waals surface area contributed by atoms with Gasteiger partial charge in [0.1, 0.15) is 5.75 Å². The van der Waals surface area contributed by atoms with Crippen LogP contribution >= 0.6 is 11.8 Å². The zero-order chi connectivity index (χ0) is 15.1. The Kier molecular flexibility index (Phi) is 6.88. The number of likely N-dealkylation sites (N-methyl/N-ethyl adjacent to an activating group) is 1. The molecular formula is C15H24N2O2S. The highest BCUT2D eigenvalue weighted by Gasteiger charge is 2.23. The largest absolute Gasteiger partial charge is 0.508 e. The van der Waals surface area contributed by atoms with E-state index in [0.717, 1.165) is 17.7 Å². The molecule has 0 radical (unpaired) electrons. The van der Waals surface area contributed by atoms with Gasteiger partial charge in [-0.15, -0.1) is 0 Å². The molecule has 3 N–H and O–H groups in total. The summed E-state index contributed by atoms with van der Waals surface area (Å²) >= 11 is 1.73. The van der Waals surface area contributed by atoms with E-state index in [1.54, 1.807) is 40.9 Å². The van der Waals surface area contributed by atoms with Gasteiger partial charge in [-0.05, 0) is 36.8 Å². The fourth-order valence-electron chi connectivity index (χ4n) is 2.11. The van der Waals surface area contributed by atoms with Crippen molar-refractivity contribution in [3.8, 4) is 5.75 Å². The molecule has 0 saturated carbocycles. The van der Waals surface area contributed by atoms with Gasteiger partial charge in [-0.1, -0.05) is 19.1 Å². The van der Waals surface area contributed by atoms with E-state index in [4.69, 9.17) is 5.73 Å². The Balaban J connectivity index is 2.63. The number of amides is 1. The van der Waals surface area contributed by atoms with Crippen LogP contribution in [-0.2, 0) is 11.2 Å². The molecule has 0 aliphatic rings. The average Bonchev–Trinajstić information content (AvgIpc) is 2.45. The van der Waals surface area contributed by atoms with Gasteiger partial charge in [0.05, 0.1) is 6.04 Å². The molecule has 2 atom stereocenters. The van der Waals surface area contributed by atoms with Gasteiger partial charge >= 0.3 is 0 Å². The molecule has 0 fully saturated rings. The highest BCUT2D eigenvalue weighted by molar-refractivity contribution is 7.98. The van der Waals surface area contributed by atoms with Crippen molar-refractivity contribution in [2.24, 2.45) is 5.73 Å². The maximum absolute atomic E-state index is 12.3. The second-order valence-corrected chi connectivity index (χ2v) is 5.85. The van der Waals surface area contributed by atoms with Crippen molar-refractivity contribution in [1.29, 1.82) is 0 Å². The number of hydrogen-bond donors (Lipinski definition) is 2. The maximum atomic E-state index is 12.3. The molecule has 0 spiro atoms. The number of aromatic hydroxyl groups is 1. The van der Waals surface area contributed by atoms with Crippen LogP contribution in [0.15, 0.2) is 24.3 Å². The van der Waals surface area contributed by atoms with Gasteiger partial charge in [-0.2, -0.15) is 11.8 Å². The van der Waals surface area contributed by atoms with Crippen molar-refractivity contribution in [2.75, 3.05) is 19.1 Å². The van der Waals surface area contributed by atoms with E-state index in [-0.39, 0.29) is 17.7 Å². The molecule has 0 aliphatic carbocycles. The van der Waals surface area contributed by atoms with Gasteiger partial charge in [0.25, 0.3) is 0 Å². The van der Waals surface area contributed by atoms with E-state index in [0.29, 0.717) is 6.42 Å². The fourth-order valence-corrected chi connectivity index (χ4v) is 2.95. The number of nitrogens with zero attached hydrogens (tertiary/aromatic N) is 1. The lowest BCUT2D eigenvalue weighted by Gasteiger charge is -2.29. The summed E-state index contributed by atoms with van der Waals surface area (Å²) in [4.78, 5) is 14.1. The van der Waals surface area contributed by atoms with Crippen molar-refractivity contribution in [3.63, 3.8) is 0 Å². The Morgan fingerprint density at radius 2 is 2.00 bits per heavy atom. The van der Waals surface area contributed by atoms with Crippen LogP contribution in [0.5, 0.6) is 5.75 Å². The van der Waals surface area contributed by atoms with Crippen LogP contribution in [-0.4, -0.2) is 47.1 Å². The summed E-state index contributed by atoms with van der Waals surface area (Å²) in [7, 11) is 1.82. The van der Waals surface area contributed by atoms with Crippen LogP contribution in [0.25, 0.3) is 0 Å². The molecule has 0 heterocycles. The molecule has 1 aromatic rings. The number of phenols is 1. The highest BCUT2D eigenvalue weighted by atomic mass is 32.2. The summed E-state index contributed by atoms with van der Waals surface area (Å²) in [6, 6.07) is 6.49. The molecule has 1 aromatic carbocycles. The molecule has 1 rings (SSSR count). The zero-order valence-electron chi connectivity index (χ0n) is 12.4. The Labute approximate surface area is 125 Å². The Morgan fingerprint density at radius 3 is 2.50 bits per heavy atom. The van der Waals surface area contributed by atoms with Crippen LogP contribution in [0.4, 0.5) is 0 Å². The maximum Gasteiger partial charge on any atom is 0.239 e. The average molecular weight is 296 g/mol. The fraction of sp³-hybridized carbons (Fsp3) is 0.533. The van der Waals surface area contributed by atoms with Crippen molar-refractivity contribution in [2.45, 2.75) is 31.8 Å². The summed E-state index contributed by atoms with van der Waals surface area (Å²) in [5, 5.41) is 9.24. The van der Waals surface area contributed by atoms with Gasteiger partial charge in [0.15, 0.2) is 0 Å². The van der Waals surface area contributed by atoms with E-state index < -0.39 is 6.04 Å². The van der Waals surface area contributed by atoms with Gasteiger partial charge in [0.2, 0.25) is 5.91 Å². The zero-order valence-corrected chi connectivity index (χ0v) is 13.2. The predicted molar refractivity (Wildman–Crippen MR) is 85.0 cm³/mol. The van der Waals surface area contributed by atoms with E-state index in [9.17, 15) is 9.90 Å². The van der Waals surface area contributed by atoms with Gasteiger partial charge in [-0.25, -0.2) is 0 Å². The topological polar surface area (TPSA) is 66.6 Å². The van der Waals surface area contributed by atoms with Crippen molar-refractivity contribution < 1.29 is 9.90 Å². The van der Waals surface area contributed by atoms with Gasteiger partial charge in [0, 0.05) is 18.8 Å². The van der Waals surface area contributed by atoms with E-state index in [1.165, 1.54) is 0 Å². The number of rotatable bonds is 7. The molecule has 112 valence electrons. The smallest absolute Gasteiger partial charge is 0.239 e. The first-order chi connectivity index (χ1) is 9.49. The molecule has 0 bridgehead atoms. The third-order valence-corrected chi connectivity index (χ3v) is 4.15. The number of carbonyl (C=O) groups excluding carboxylic acids is 1. The summed E-state index contributed by atoms with van der Waals surface area (Å²) in [6.45, 7) is 2.08. The monoisotopic (exact) mass is 296 g/mol. The second kappa shape index (κ2) is 8.17. The molecule has 5 heteroatoms. The Bertz CT molecular complexity index is 422. The number of thioether (sulfide) groups is 1. The SMILES string of the molecule is CCC(CSC)N(C)C(=O)[C@@H](N)Cc1ccc(O)cc1. The minimum atomic E-state index is -0.541. The summed E-state index contributed by atoms with van der Waals surface area (Å²) < 4.78 is 0. The van der Waals surface area contributed by atoms with Crippen LogP contribution < -0.4 is 5.73 Å². The molecule has 20 heavy (non-hydrogen) atoms. The number of nitrogens with two attached hydrogens (primary N) is 1. The summed E-state index contributed by atoms with van der Waals surface area (Å²) in [6.07, 6.45) is 3.45. The first kappa shape index (κ1) is 16.9. The molecular weight excluding hydrogens is 272 g/mol. The lowest BCUT2D eigenvalue weighted by molar-refractivity contribution is -0.133. The quantitative estimate of drug-likeness (QED) is 0.806. The third kappa shape index (κ3) is 4.72. The summed E-state index contributed by atoms with van der Waals surface area (Å²) in [5.41, 5.74) is 6.97. The lowest BCUT2D eigenvalue weighted by atomic mass is 10.0. The molecule has 1 unspecified atom stereocenters. The molecule has 0 aromatic heterocycles. The number of phenolic OH excluding ortho intramolecular Hbond substituents is 1.